The van der Waals surface area contributed by atoms with Crippen molar-refractivity contribution in [3.05, 3.63) is 77.6 Å². The molecule has 7 N–H and O–H groups in total. The van der Waals surface area contributed by atoms with Crippen LogP contribution < -0.4 is 35.5 Å². The van der Waals surface area contributed by atoms with Gasteiger partial charge in [-0.15, -0.1) is 11.3 Å². The Morgan fingerprint density at radius 2 is 1.72 bits per heavy atom. The molecule has 0 aliphatic heterocycles. The lowest BCUT2D eigenvalue weighted by Crippen LogP contribution is -2.25. The minimum atomic E-state index is -4.59. The number of hydrogen-bond donors (Lipinski definition) is 5. The van der Waals surface area contributed by atoms with E-state index in [0.717, 1.165) is 29.5 Å². The van der Waals surface area contributed by atoms with Gasteiger partial charge in [-0.3, -0.25) is 4.79 Å². The molecule has 1 amide bonds. The first-order chi connectivity index (χ1) is 21.9. The van der Waals surface area contributed by atoms with E-state index < -0.39 is 35.6 Å². The Labute approximate surface area is 268 Å². The van der Waals surface area contributed by atoms with Gasteiger partial charge >= 0.3 is 7.60 Å². The molecule has 244 valence electrons. The maximum Gasteiger partial charge on any atom is 0.391 e. The fraction of sp³-hybridized carbons (Fsp3) is 0.241. The van der Waals surface area contributed by atoms with Gasteiger partial charge in [-0.25, -0.2) is 17.4 Å². The van der Waals surface area contributed by atoms with Crippen molar-refractivity contribution in [2.75, 3.05) is 37.9 Å². The third kappa shape index (κ3) is 9.24. The lowest BCUT2D eigenvalue weighted by atomic mass is 10.1. The summed E-state index contributed by atoms with van der Waals surface area (Å²) in [7, 11) is -8.86. The minimum absolute atomic E-state index is 0.153. The van der Waals surface area contributed by atoms with Crippen molar-refractivity contribution in [1.82, 2.24) is 4.72 Å². The fourth-order valence-electron chi connectivity index (χ4n) is 3.92. The van der Waals surface area contributed by atoms with Crippen molar-refractivity contribution < 1.29 is 41.1 Å². The van der Waals surface area contributed by atoms with E-state index in [1.165, 1.54) is 6.07 Å². The number of fused-ring (bicyclic) bond motifs is 1. The van der Waals surface area contributed by atoms with Crippen molar-refractivity contribution >= 4 is 50.6 Å². The van der Waals surface area contributed by atoms with Gasteiger partial charge < -0.3 is 35.7 Å². The van der Waals surface area contributed by atoms with Gasteiger partial charge in [0.1, 0.15) is 28.1 Å². The van der Waals surface area contributed by atoms with Gasteiger partial charge in [-0.2, -0.15) is 9.98 Å². The number of nitrogens with one attached hydrogen (secondary N) is 2. The first kappa shape index (κ1) is 34.8. The molecule has 1 unspecified atom stereocenters. The molecule has 0 fully saturated rings. The van der Waals surface area contributed by atoms with E-state index in [2.05, 4.69) is 5.32 Å². The molecule has 0 aliphatic rings. The normalized spacial score (nSPS) is 12.7. The van der Waals surface area contributed by atoms with E-state index in [0.29, 0.717) is 72.0 Å². The van der Waals surface area contributed by atoms with Crippen LogP contribution in [0.2, 0.25) is 0 Å². The largest absolute Gasteiger partial charge is 0.490 e. The Morgan fingerprint density at radius 1 is 1.00 bits per heavy atom. The smallest absolute Gasteiger partial charge is 0.391 e. The summed E-state index contributed by atoms with van der Waals surface area (Å²) >= 11 is 0.907. The van der Waals surface area contributed by atoms with Crippen molar-refractivity contribution in [3.63, 3.8) is 0 Å². The lowest BCUT2D eigenvalue weighted by Gasteiger charge is -2.14. The van der Waals surface area contributed by atoms with Crippen molar-refractivity contribution in [2.45, 2.75) is 17.1 Å². The maximum atomic E-state index is 13.8. The predicted molar refractivity (Wildman–Crippen MR) is 171 cm³/mol. The zero-order valence-electron chi connectivity index (χ0n) is 24.3. The maximum absolute atomic E-state index is 13.8. The summed E-state index contributed by atoms with van der Waals surface area (Å²) in [6, 6.07) is 15.5. The molecule has 0 saturated heterocycles. The molecule has 0 radical (unpaired) electrons. The average molecular weight is 692 g/mol. The number of nitriles is 1. The number of nitrogens with two attached hydrogens (primary N) is 2. The van der Waals surface area contributed by atoms with Crippen molar-refractivity contribution in [2.24, 2.45) is 11.5 Å². The molecule has 1 aromatic heterocycles. The van der Waals surface area contributed by atoms with E-state index in [9.17, 15) is 27.1 Å². The zero-order valence-corrected chi connectivity index (χ0v) is 26.8. The van der Waals surface area contributed by atoms with E-state index in [-0.39, 0.29) is 15.5 Å². The second-order valence-corrected chi connectivity index (χ2v) is 14.6. The number of anilines is 1. The van der Waals surface area contributed by atoms with Gasteiger partial charge in [0.05, 0.1) is 18.8 Å². The highest BCUT2D eigenvalue weighted by Crippen LogP contribution is 2.42. The fourth-order valence-corrected chi connectivity index (χ4v) is 7.85. The van der Waals surface area contributed by atoms with Gasteiger partial charge in [0.2, 0.25) is 0 Å². The van der Waals surface area contributed by atoms with Crippen LogP contribution in [-0.4, -0.2) is 51.8 Å². The number of halogens is 1. The molecule has 0 spiro atoms. The molecule has 1 heterocycles. The molecular weight excluding hydrogens is 660 g/mol. The third-order valence-electron chi connectivity index (χ3n) is 6.20. The Morgan fingerprint density at radius 3 is 2.39 bits per heavy atom. The van der Waals surface area contributed by atoms with Crippen LogP contribution in [-0.2, 0) is 14.6 Å². The van der Waals surface area contributed by atoms with Crippen LogP contribution in [0, 0.1) is 17.1 Å². The number of hydrogen-bond acceptors (Lipinski definition) is 11. The van der Waals surface area contributed by atoms with Crippen molar-refractivity contribution in [1.29, 1.82) is 5.26 Å². The molecule has 46 heavy (non-hydrogen) atoms. The van der Waals surface area contributed by atoms with Crippen LogP contribution in [0.5, 0.6) is 17.2 Å². The standard InChI is InChI=1S/C29H31FN5O8PS2/c30-24-16-23(6-3-20(24)17-33)43-44(37,38)18-34-46(39,40)28-15-21-13-22(5-8-27(21)45-28)35-29(36)19-4-7-25(41-11-1-9-31)26(14-19)42-12-2-10-32/h3-8,13-16,34H,1-2,9-12,18,31-32H2,(H,35,36)(H,37,38). The highest BCUT2D eigenvalue weighted by atomic mass is 32.2. The number of sulfonamides is 1. The molecule has 3 aromatic carbocycles. The third-order valence-corrected chi connectivity index (χ3v) is 10.5. The summed E-state index contributed by atoms with van der Waals surface area (Å²) in [6.07, 6.45) is 0.258. The van der Waals surface area contributed by atoms with Gasteiger partial charge in [0, 0.05) is 22.0 Å². The zero-order chi connectivity index (χ0) is 33.3. The SMILES string of the molecule is N#Cc1ccc(OP(=O)(O)CNS(=O)(=O)c2cc3cc(NC(=O)c4ccc(OCCCN)c(OCCCN)c4)ccc3s2)cc1F. The van der Waals surface area contributed by atoms with Gasteiger partial charge in [0.15, 0.2) is 11.5 Å². The average Bonchev–Trinajstić information content (AvgIpc) is 3.46. The summed E-state index contributed by atoms with van der Waals surface area (Å²) in [6.45, 7) is 1.62. The van der Waals surface area contributed by atoms with Crippen LogP contribution >= 0.6 is 18.9 Å². The van der Waals surface area contributed by atoms with Gasteiger partial charge in [-0.05, 0) is 85.9 Å². The molecule has 1 atom stereocenters. The number of ether oxygens (including phenoxy) is 2. The number of carbonyl (C=O) groups is 1. The van der Waals surface area contributed by atoms with Gasteiger partial charge in [0.25, 0.3) is 15.9 Å². The number of nitrogens with zero attached hydrogens (tertiary/aromatic N) is 1. The van der Waals surface area contributed by atoms with E-state index in [1.54, 1.807) is 42.5 Å². The highest BCUT2D eigenvalue weighted by molar-refractivity contribution is 7.92. The first-order valence-electron chi connectivity index (χ1n) is 13.8. The molecule has 17 heteroatoms. The lowest BCUT2D eigenvalue weighted by molar-refractivity contribution is 0.102. The molecule has 0 saturated carbocycles. The van der Waals surface area contributed by atoms with E-state index >= 15 is 0 Å². The van der Waals surface area contributed by atoms with E-state index in [4.69, 9.17) is 30.7 Å². The molecule has 4 rings (SSSR count). The van der Waals surface area contributed by atoms with Crippen LogP contribution in [0.15, 0.2) is 64.9 Å². The molecule has 13 nitrogen and oxygen atoms in total. The predicted octanol–water partition coefficient (Wildman–Crippen LogP) is 4.12. The Bertz CT molecular complexity index is 1920. The molecule has 4 aromatic rings. The quantitative estimate of drug-likeness (QED) is 0.0832. The number of carbonyl (C=O) groups excluding carboxylic acids is 1. The molecule has 0 bridgehead atoms. The Kier molecular flexibility index (Phi) is 11.7. The topological polar surface area (TPSA) is 216 Å². The summed E-state index contributed by atoms with van der Waals surface area (Å²) in [4.78, 5) is 23.2. The van der Waals surface area contributed by atoms with Crippen molar-refractivity contribution in [3.8, 4) is 23.3 Å². The van der Waals surface area contributed by atoms with Crippen LogP contribution in [0.1, 0.15) is 28.8 Å². The Hall–Kier alpha value is -4.07. The highest BCUT2D eigenvalue weighted by Gasteiger charge is 2.27. The number of benzene rings is 3. The van der Waals surface area contributed by atoms with Crippen LogP contribution in [0.4, 0.5) is 10.1 Å². The number of amides is 1. The monoisotopic (exact) mass is 691 g/mol. The first-order valence-corrected chi connectivity index (χ1v) is 17.9. The Balaban J connectivity index is 1.44. The van der Waals surface area contributed by atoms with Crippen LogP contribution in [0.3, 0.4) is 0 Å². The van der Waals surface area contributed by atoms with Gasteiger partial charge in [-0.1, -0.05) is 0 Å². The van der Waals surface area contributed by atoms with E-state index in [1.807, 2.05) is 4.72 Å². The summed E-state index contributed by atoms with van der Waals surface area (Å²) in [5.74, 6) is -0.894. The summed E-state index contributed by atoms with van der Waals surface area (Å²) < 4.78 is 71.0. The second-order valence-electron chi connectivity index (χ2n) is 9.70. The summed E-state index contributed by atoms with van der Waals surface area (Å²) in [5.41, 5.74) is 11.5. The summed E-state index contributed by atoms with van der Waals surface area (Å²) in [5, 5.41) is 12.1. The number of thiophene rings is 1. The molecular formula is C29H31FN5O8PS2. The number of rotatable bonds is 16. The second kappa shape index (κ2) is 15.5. The minimum Gasteiger partial charge on any atom is -0.490 e. The van der Waals surface area contributed by atoms with Crippen LogP contribution in [0.25, 0.3) is 10.1 Å². The molecule has 0 aliphatic carbocycles.